The first-order valence-corrected chi connectivity index (χ1v) is 21.5. The molecule has 5 aliphatic carbocycles. The summed E-state index contributed by atoms with van der Waals surface area (Å²) in [6.07, 6.45) is 22.6. The molecule has 0 bridgehead atoms. The zero-order valence-corrected chi connectivity index (χ0v) is 33.8. The zero-order valence-electron chi connectivity index (χ0n) is 33.8. The van der Waals surface area contributed by atoms with Gasteiger partial charge in [-0.2, -0.15) is 0 Å². The lowest BCUT2D eigenvalue weighted by Crippen LogP contribution is -2.40. The highest BCUT2D eigenvalue weighted by Crippen LogP contribution is 2.36. The summed E-state index contributed by atoms with van der Waals surface area (Å²) in [5.41, 5.74) is -0.186. The number of carboxylic acid groups (broad SMARTS) is 2. The summed E-state index contributed by atoms with van der Waals surface area (Å²) in [7, 11) is 0. The van der Waals surface area contributed by atoms with Crippen LogP contribution in [-0.2, 0) is 52.6 Å². The molecule has 0 amide bonds. The van der Waals surface area contributed by atoms with Crippen molar-refractivity contribution >= 4 is 17.9 Å². The number of terminal acetylenes is 1. The lowest BCUT2D eigenvalue weighted by molar-refractivity contribution is -0.339. The highest BCUT2D eigenvalue weighted by atomic mass is 17.2. The lowest BCUT2D eigenvalue weighted by atomic mass is 9.77. The highest BCUT2D eigenvalue weighted by Gasteiger charge is 2.42. The second kappa shape index (κ2) is 22.6. The van der Waals surface area contributed by atoms with Crippen molar-refractivity contribution in [2.45, 2.75) is 179 Å². The first-order valence-electron chi connectivity index (χ1n) is 21.5. The van der Waals surface area contributed by atoms with E-state index in [0.29, 0.717) is 71.1 Å². The fraction of sp³-hybridized carbons (Fsp3) is 0.884. The minimum atomic E-state index is -0.990. The van der Waals surface area contributed by atoms with Gasteiger partial charge in [-0.25, -0.2) is 9.78 Å². The van der Waals surface area contributed by atoms with Crippen molar-refractivity contribution in [3.8, 4) is 12.5 Å². The van der Waals surface area contributed by atoms with E-state index in [4.69, 9.17) is 44.6 Å². The molecule has 2 N–H and O–H groups in total. The van der Waals surface area contributed by atoms with Crippen molar-refractivity contribution in [1.82, 2.24) is 0 Å². The number of ether oxygens (including phenoxy) is 6. The summed E-state index contributed by atoms with van der Waals surface area (Å²) >= 11 is 0. The first kappa shape index (κ1) is 44.6. The predicted molar refractivity (Wildman–Crippen MR) is 204 cm³/mol. The Morgan fingerprint density at radius 1 is 0.589 bits per heavy atom. The van der Waals surface area contributed by atoms with E-state index in [2.05, 4.69) is 20.0 Å². The third kappa shape index (κ3) is 14.4. The molecule has 0 aromatic rings. The van der Waals surface area contributed by atoms with Crippen LogP contribution < -0.4 is 0 Å². The number of rotatable bonds is 20. The van der Waals surface area contributed by atoms with Crippen LogP contribution in [0.3, 0.4) is 0 Å². The van der Waals surface area contributed by atoms with Gasteiger partial charge in [0.1, 0.15) is 18.3 Å². The van der Waals surface area contributed by atoms with Crippen LogP contribution in [0.1, 0.15) is 136 Å². The molecule has 6 atom stereocenters. The van der Waals surface area contributed by atoms with Gasteiger partial charge in [0.25, 0.3) is 0 Å². The Bertz CT molecular complexity index is 1240. The minimum Gasteiger partial charge on any atom is -0.481 e. The standard InChI is InChI=1S/C43H68O13/c1-4-49-36-19-21-38(41(46)47)39(25-36)42(48)55-33-14-10-31(11-15-33)52-27-43(2,3)28-53-32-12-16-34(17-13-32)56-54-26-29-24-35(18-20-37(29)40(44)45)51-23-22-50-30-8-6-5-7-9-30/h1,29-39H,5-28H2,2-3H3,(H,44,45)(H,46,47). The van der Waals surface area contributed by atoms with E-state index < -0.39 is 35.7 Å². The third-order valence-corrected chi connectivity index (χ3v) is 12.7. The lowest BCUT2D eigenvalue weighted by Gasteiger charge is -2.35. The Kier molecular flexibility index (Phi) is 18.0. The fourth-order valence-corrected chi connectivity index (χ4v) is 9.25. The fourth-order valence-electron chi connectivity index (χ4n) is 9.25. The molecule has 13 heteroatoms. The Morgan fingerprint density at radius 3 is 1.71 bits per heavy atom. The van der Waals surface area contributed by atoms with Gasteiger partial charge in [0, 0.05) is 11.3 Å². The molecule has 13 nitrogen and oxygen atoms in total. The van der Waals surface area contributed by atoms with Crippen LogP contribution in [-0.4, -0.2) is 104 Å². The Labute approximate surface area is 333 Å². The van der Waals surface area contributed by atoms with E-state index in [-0.39, 0.29) is 61.0 Å². The first-order chi connectivity index (χ1) is 27.0. The average Bonchev–Trinajstić information content (AvgIpc) is 3.19. The van der Waals surface area contributed by atoms with Crippen molar-refractivity contribution in [2.75, 3.05) is 33.0 Å². The summed E-state index contributed by atoms with van der Waals surface area (Å²) in [5, 5.41) is 19.5. The molecule has 0 aromatic heterocycles. The van der Waals surface area contributed by atoms with Crippen molar-refractivity contribution < 1.29 is 62.8 Å². The molecule has 5 rings (SSSR count). The van der Waals surface area contributed by atoms with Gasteiger partial charge in [-0.15, -0.1) is 0 Å². The number of carboxylic acids is 2. The third-order valence-electron chi connectivity index (χ3n) is 12.7. The summed E-state index contributed by atoms with van der Waals surface area (Å²) in [5.74, 6) is -4.42. The normalized spacial score (nSPS) is 33.2. The molecule has 0 aliphatic heterocycles. The van der Waals surface area contributed by atoms with E-state index in [1.165, 1.54) is 19.3 Å². The molecule has 5 fully saturated rings. The molecule has 0 radical (unpaired) electrons. The van der Waals surface area contributed by atoms with Gasteiger partial charge < -0.3 is 38.6 Å². The molecule has 56 heavy (non-hydrogen) atoms. The predicted octanol–water partition coefficient (Wildman–Crippen LogP) is 6.87. The molecule has 0 spiro atoms. The van der Waals surface area contributed by atoms with E-state index in [0.717, 1.165) is 57.8 Å². The second-order valence-electron chi connectivity index (χ2n) is 17.8. The van der Waals surface area contributed by atoms with Gasteiger partial charge in [0.2, 0.25) is 0 Å². The van der Waals surface area contributed by atoms with E-state index in [9.17, 15) is 24.6 Å². The van der Waals surface area contributed by atoms with E-state index in [1.807, 2.05) is 0 Å². The van der Waals surface area contributed by atoms with Crippen LogP contribution in [0, 0.1) is 41.6 Å². The van der Waals surface area contributed by atoms with Crippen molar-refractivity contribution in [3.63, 3.8) is 0 Å². The van der Waals surface area contributed by atoms with Gasteiger partial charge >= 0.3 is 17.9 Å². The summed E-state index contributed by atoms with van der Waals surface area (Å²) < 4.78 is 35.8. The average molecular weight is 793 g/mol. The maximum atomic E-state index is 13.0. The maximum absolute atomic E-state index is 13.0. The smallest absolute Gasteiger partial charge is 0.310 e. The maximum Gasteiger partial charge on any atom is 0.310 e. The number of aliphatic carboxylic acids is 2. The van der Waals surface area contributed by atoms with Crippen LogP contribution in [0.4, 0.5) is 0 Å². The number of carbonyl (C=O) groups is 3. The van der Waals surface area contributed by atoms with Crippen LogP contribution in [0.15, 0.2) is 0 Å². The van der Waals surface area contributed by atoms with Crippen LogP contribution >= 0.6 is 0 Å². The largest absolute Gasteiger partial charge is 0.481 e. The van der Waals surface area contributed by atoms with Crippen molar-refractivity contribution in [2.24, 2.45) is 29.1 Å². The molecule has 6 unspecified atom stereocenters. The highest BCUT2D eigenvalue weighted by molar-refractivity contribution is 5.81. The number of carbonyl (C=O) groups excluding carboxylic acids is 1. The number of esters is 1. The van der Waals surface area contributed by atoms with Crippen LogP contribution in [0.2, 0.25) is 0 Å². The van der Waals surface area contributed by atoms with Crippen molar-refractivity contribution in [1.29, 1.82) is 0 Å². The molecule has 5 aliphatic rings. The van der Waals surface area contributed by atoms with Gasteiger partial charge in [-0.05, 0) is 103 Å². The zero-order chi connectivity index (χ0) is 39.9. The molecule has 318 valence electrons. The molecule has 0 saturated heterocycles. The second-order valence-corrected chi connectivity index (χ2v) is 17.8. The molecule has 0 heterocycles. The molecule has 5 saturated carbocycles. The van der Waals surface area contributed by atoms with Crippen LogP contribution in [0.5, 0.6) is 0 Å². The van der Waals surface area contributed by atoms with Gasteiger partial charge in [-0.1, -0.05) is 39.5 Å². The molecular weight excluding hydrogens is 724 g/mol. The topological polar surface area (TPSA) is 166 Å². The van der Waals surface area contributed by atoms with E-state index in [1.54, 1.807) is 0 Å². The summed E-state index contributed by atoms with van der Waals surface area (Å²) in [6, 6.07) is 0. The summed E-state index contributed by atoms with van der Waals surface area (Å²) in [6.45, 7) is 6.75. The SMILES string of the molecule is C#COC1CCC(C(=O)O)C(C(=O)OC2CCC(OCC(C)(C)COC3CCC(OOCC4CC(OCCOC5CCCCC5)CCC4C(=O)O)CC3)CC2)C1. The Hall–Kier alpha value is -2.47. The van der Waals surface area contributed by atoms with Gasteiger partial charge in [0.05, 0.1) is 81.3 Å². The quantitative estimate of drug-likeness (QED) is 0.0432. The molecular formula is C43H68O13. The number of hydrogen-bond acceptors (Lipinski definition) is 11. The Balaban J connectivity index is 0.918. The number of hydrogen-bond donors (Lipinski definition) is 2. The van der Waals surface area contributed by atoms with E-state index >= 15 is 0 Å². The minimum absolute atomic E-state index is 0.0104. The Morgan fingerprint density at radius 2 is 1.11 bits per heavy atom. The van der Waals surface area contributed by atoms with Gasteiger partial charge in [-0.3, -0.25) is 14.4 Å². The van der Waals surface area contributed by atoms with Crippen LogP contribution in [0.25, 0.3) is 0 Å². The monoisotopic (exact) mass is 792 g/mol. The van der Waals surface area contributed by atoms with Crippen molar-refractivity contribution in [3.05, 3.63) is 0 Å². The van der Waals surface area contributed by atoms with Gasteiger partial charge in [0.15, 0.2) is 0 Å². The molecule has 0 aromatic carbocycles. The summed E-state index contributed by atoms with van der Waals surface area (Å²) in [4.78, 5) is 48.3.